The molecule has 2 aromatic heterocycles. The molecule has 1 fully saturated rings. The van der Waals surface area contributed by atoms with Crippen molar-refractivity contribution >= 4 is 55.3 Å². The van der Waals surface area contributed by atoms with Crippen molar-refractivity contribution in [2.45, 2.75) is 25.5 Å². The van der Waals surface area contributed by atoms with Gasteiger partial charge >= 0.3 is 5.76 Å². The van der Waals surface area contributed by atoms with Crippen LogP contribution in [0, 0.1) is 0 Å². The molecule has 4 aromatic rings. The number of hydrogen-bond acceptors (Lipinski definition) is 6. The summed E-state index contributed by atoms with van der Waals surface area (Å²) < 4.78 is 13.3. The summed E-state index contributed by atoms with van der Waals surface area (Å²) in [6.07, 6.45) is 1.80. The lowest BCUT2D eigenvalue weighted by Crippen LogP contribution is -2.40. The fourth-order valence-electron chi connectivity index (χ4n) is 3.66. The van der Waals surface area contributed by atoms with Gasteiger partial charge in [-0.2, -0.15) is 0 Å². The average Bonchev–Trinajstić information content (AvgIpc) is 3.45. The molecular formula is C21H18ClN3O4S. The second-order valence-corrected chi connectivity index (χ2v) is 8.62. The van der Waals surface area contributed by atoms with E-state index in [1.165, 1.54) is 15.9 Å². The topological polar surface area (TPSA) is 77.6 Å². The average molecular weight is 444 g/mol. The minimum Gasteiger partial charge on any atom is -0.408 e. The number of thiazole rings is 1. The second-order valence-electron chi connectivity index (χ2n) is 7.17. The van der Waals surface area contributed by atoms with Crippen molar-refractivity contribution in [3.8, 4) is 0 Å². The summed E-state index contributed by atoms with van der Waals surface area (Å²) in [6.45, 7) is 0.935. The molecule has 0 spiro atoms. The van der Waals surface area contributed by atoms with E-state index in [1.54, 1.807) is 35.2 Å². The highest BCUT2D eigenvalue weighted by molar-refractivity contribution is 7.22. The van der Waals surface area contributed by atoms with Gasteiger partial charge in [-0.3, -0.25) is 14.3 Å². The predicted molar refractivity (Wildman–Crippen MR) is 116 cm³/mol. The van der Waals surface area contributed by atoms with Gasteiger partial charge in [-0.25, -0.2) is 9.78 Å². The number of benzene rings is 2. The van der Waals surface area contributed by atoms with Crippen LogP contribution in [-0.2, 0) is 16.1 Å². The highest BCUT2D eigenvalue weighted by atomic mass is 35.5. The third kappa shape index (κ3) is 3.62. The zero-order chi connectivity index (χ0) is 20.7. The van der Waals surface area contributed by atoms with Crippen molar-refractivity contribution in [1.29, 1.82) is 0 Å². The molecule has 1 amide bonds. The first kappa shape index (κ1) is 19.3. The fraction of sp³-hybridized carbons (Fsp3) is 0.286. The van der Waals surface area contributed by atoms with Gasteiger partial charge in [0.15, 0.2) is 10.7 Å². The molecule has 1 atom stereocenters. The predicted octanol–water partition coefficient (Wildman–Crippen LogP) is 4.07. The van der Waals surface area contributed by atoms with Crippen LogP contribution < -0.4 is 10.7 Å². The van der Waals surface area contributed by atoms with Gasteiger partial charge in [0.25, 0.3) is 0 Å². The van der Waals surface area contributed by atoms with Gasteiger partial charge in [0.05, 0.1) is 28.4 Å². The Labute approximate surface area is 180 Å². The number of aromatic nitrogens is 2. The van der Waals surface area contributed by atoms with Crippen molar-refractivity contribution in [2.75, 3.05) is 18.1 Å². The van der Waals surface area contributed by atoms with E-state index < -0.39 is 5.76 Å². The molecule has 0 radical (unpaired) electrons. The molecule has 30 heavy (non-hydrogen) atoms. The lowest BCUT2D eigenvalue weighted by Gasteiger charge is -2.23. The Hall–Kier alpha value is -2.68. The van der Waals surface area contributed by atoms with E-state index in [4.69, 9.17) is 20.8 Å². The van der Waals surface area contributed by atoms with Crippen LogP contribution in [-0.4, -0.2) is 34.7 Å². The van der Waals surface area contributed by atoms with Crippen LogP contribution in [0.15, 0.2) is 51.7 Å². The Bertz CT molecular complexity index is 1290. The third-order valence-corrected chi connectivity index (χ3v) is 6.42. The summed E-state index contributed by atoms with van der Waals surface area (Å²) in [7, 11) is 0. The fourth-order valence-corrected chi connectivity index (χ4v) is 4.93. The second kappa shape index (κ2) is 7.86. The number of halogens is 1. The monoisotopic (exact) mass is 443 g/mol. The number of hydrogen-bond donors (Lipinski definition) is 0. The zero-order valence-corrected chi connectivity index (χ0v) is 17.5. The molecular weight excluding hydrogens is 426 g/mol. The maximum atomic E-state index is 13.3. The maximum absolute atomic E-state index is 13.3. The molecule has 7 nitrogen and oxygen atoms in total. The van der Waals surface area contributed by atoms with Crippen LogP contribution in [0.5, 0.6) is 0 Å². The van der Waals surface area contributed by atoms with Crippen LogP contribution in [0.2, 0.25) is 5.02 Å². The van der Waals surface area contributed by atoms with Crippen molar-refractivity contribution in [3.05, 3.63) is 58.0 Å². The lowest BCUT2D eigenvalue weighted by molar-refractivity contribution is -0.119. The van der Waals surface area contributed by atoms with E-state index in [0.29, 0.717) is 34.4 Å². The quantitative estimate of drug-likeness (QED) is 0.464. The number of ether oxygens (including phenoxy) is 1. The van der Waals surface area contributed by atoms with E-state index in [0.717, 1.165) is 23.1 Å². The van der Waals surface area contributed by atoms with Crippen LogP contribution in [0.3, 0.4) is 0 Å². The van der Waals surface area contributed by atoms with Crippen LogP contribution in [0.4, 0.5) is 5.13 Å². The number of oxazole rings is 1. The molecule has 0 N–H and O–H groups in total. The summed E-state index contributed by atoms with van der Waals surface area (Å²) >= 11 is 7.50. The Morgan fingerprint density at radius 1 is 1.30 bits per heavy atom. The number of amides is 1. The van der Waals surface area contributed by atoms with Crippen molar-refractivity contribution in [2.24, 2.45) is 0 Å². The number of carbonyl (C=O) groups is 1. The molecule has 0 aliphatic carbocycles. The van der Waals surface area contributed by atoms with Crippen LogP contribution in [0.25, 0.3) is 21.3 Å². The van der Waals surface area contributed by atoms with Crippen LogP contribution >= 0.6 is 22.9 Å². The van der Waals surface area contributed by atoms with Gasteiger partial charge in [-0.15, -0.1) is 0 Å². The van der Waals surface area contributed by atoms with Gasteiger partial charge in [0, 0.05) is 11.6 Å². The summed E-state index contributed by atoms with van der Waals surface area (Å²) in [5, 5.41) is 1.18. The first-order valence-electron chi connectivity index (χ1n) is 9.65. The Balaban J connectivity index is 1.50. The largest absolute Gasteiger partial charge is 0.420 e. The molecule has 2 aromatic carbocycles. The van der Waals surface area contributed by atoms with Gasteiger partial charge in [0.1, 0.15) is 6.54 Å². The number of anilines is 1. The molecule has 3 heterocycles. The van der Waals surface area contributed by atoms with Crippen molar-refractivity contribution in [1.82, 2.24) is 9.55 Å². The Kier molecular flexibility index (Phi) is 5.06. The molecule has 1 aliphatic heterocycles. The van der Waals surface area contributed by atoms with E-state index in [9.17, 15) is 9.59 Å². The Morgan fingerprint density at radius 2 is 2.17 bits per heavy atom. The molecule has 5 rings (SSSR count). The Morgan fingerprint density at radius 3 is 3.00 bits per heavy atom. The standard InChI is InChI=1S/C21H18ClN3O4S/c22-13-7-8-15-18(10-13)30-20(23-15)25(11-14-4-3-9-28-14)19(26)12-24-16-5-1-2-6-17(16)29-21(24)27/h1-2,5-8,10,14H,3-4,9,11-12H2. The molecule has 1 saturated heterocycles. The summed E-state index contributed by atoms with van der Waals surface area (Å²) in [4.78, 5) is 31.9. The van der Waals surface area contributed by atoms with E-state index >= 15 is 0 Å². The number of rotatable bonds is 5. The minimum atomic E-state index is -0.558. The molecule has 1 aliphatic rings. The molecule has 0 saturated carbocycles. The summed E-state index contributed by atoms with van der Waals surface area (Å²) in [5.74, 6) is -0.804. The van der Waals surface area contributed by atoms with Gasteiger partial charge < -0.3 is 9.15 Å². The number of nitrogens with zero attached hydrogens (tertiary/aromatic N) is 3. The molecule has 9 heteroatoms. The van der Waals surface area contributed by atoms with E-state index in [1.807, 2.05) is 12.1 Å². The molecule has 0 bridgehead atoms. The smallest absolute Gasteiger partial charge is 0.408 e. The highest BCUT2D eigenvalue weighted by Gasteiger charge is 2.27. The third-order valence-electron chi connectivity index (χ3n) is 5.15. The number of fused-ring (bicyclic) bond motifs is 2. The van der Waals surface area contributed by atoms with Crippen molar-refractivity contribution in [3.63, 3.8) is 0 Å². The molecule has 154 valence electrons. The molecule has 1 unspecified atom stereocenters. The summed E-state index contributed by atoms with van der Waals surface area (Å²) in [6, 6.07) is 12.5. The zero-order valence-electron chi connectivity index (χ0n) is 15.9. The van der Waals surface area contributed by atoms with Gasteiger partial charge in [-0.1, -0.05) is 35.1 Å². The van der Waals surface area contributed by atoms with Crippen LogP contribution in [0.1, 0.15) is 12.8 Å². The van der Waals surface area contributed by atoms with Gasteiger partial charge in [-0.05, 0) is 43.2 Å². The first-order chi connectivity index (χ1) is 14.6. The van der Waals surface area contributed by atoms with Crippen molar-refractivity contribution < 1.29 is 13.9 Å². The van der Waals surface area contributed by atoms with E-state index in [2.05, 4.69) is 4.98 Å². The first-order valence-corrected chi connectivity index (χ1v) is 10.8. The normalized spacial score (nSPS) is 16.5. The lowest BCUT2D eigenvalue weighted by atomic mass is 10.2. The number of para-hydroxylation sites is 2. The van der Waals surface area contributed by atoms with E-state index in [-0.39, 0.29) is 18.6 Å². The SMILES string of the molecule is O=C(Cn1c(=O)oc2ccccc21)N(CC1CCCO1)c1nc2ccc(Cl)cc2s1. The highest BCUT2D eigenvalue weighted by Crippen LogP contribution is 2.32. The van der Waals surface area contributed by atoms with Gasteiger partial charge in [0.2, 0.25) is 5.91 Å². The number of carbonyl (C=O) groups excluding carboxylic acids is 1. The maximum Gasteiger partial charge on any atom is 0.420 e. The minimum absolute atomic E-state index is 0.0534. The summed E-state index contributed by atoms with van der Waals surface area (Å²) in [5.41, 5.74) is 1.81.